The number of carbonyl (C=O) groups is 2. The summed E-state index contributed by atoms with van der Waals surface area (Å²) in [5.74, 6) is -0.492. The summed E-state index contributed by atoms with van der Waals surface area (Å²) in [6.45, 7) is 5.30. The monoisotopic (exact) mass is 410 g/mol. The summed E-state index contributed by atoms with van der Waals surface area (Å²) in [5.41, 5.74) is 0.927. The third-order valence-electron chi connectivity index (χ3n) is 3.60. The van der Waals surface area contributed by atoms with Crippen LogP contribution >= 0.6 is 27.3 Å². The van der Waals surface area contributed by atoms with Gasteiger partial charge in [-0.1, -0.05) is 59.7 Å². The molecule has 0 saturated heterocycles. The zero-order valence-electron chi connectivity index (χ0n) is 13.7. The average Bonchev–Trinajstić information content (AvgIpc) is 3.00. The molecule has 0 aliphatic heterocycles. The number of anilines is 1. The summed E-state index contributed by atoms with van der Waals surface area (Å²) in [6.07, 6.45) is 0.776. The highest BCUT2D eigenvalue weighted by atomic mass is 79.9. The average molecular weight is 411 g/mol. The molecule has 0 aliphatic rings. The van der Waals surface area contributed by atoms with Gasteiger partial charge in [-0.3, -0.25) is 14.9 Å². The summed E-state index contributed by atoms with van der Waals surface area (Å²) in [4.78, 5) is 23.8. The van der Waals surface area contributed by atoms with E-state index in [1.54, 1.807) is 0 Å². The van der Waals surface area contributed by atoms with Crippen molar-refractivity contribution in [2.75, 3.05) is 5.32 Å². The minimum absolute atomic E-state index is 0.0211. The molecule has 1 aromatic carbocycles. The second kappa shape index (κ2) is 8.34. The van der Waals surface area contributed by atoms with Crippen molar-refractivity contribution >= 4 is 44.2 Å². The van der Waals surface area contributed by atoms with Gasteiger partial charge in [0.15, 0.2) is 0 Å². The van der Waals surface area contributed by atoms with E-state index < -0.39 is 6.04 Å². The fourth-order valence-electron chi connectivity index (χ4n) is 2.09. The Bertz CT molecular complexity index is 717. The van der Waals surface area contributed by atoms with Crippen LogP contribution in [0.2, 0.25) is 0 Å². The summed E-state index contributed by atoms with van der Waals surface area (Å²) >= 11 is 4.68. The normalized spacial score (nSPS) is 13.2. The number of amides is 2. The molecule has 2 aromatic rings. The fraction of sp³-hybridized carbons (Fsp3) is 0.375. The van der Waals surface area contributed by atoms with Crippen LogP contribution in [0, 0.1) is 5.92 Å². The van der Waals surface area contributed by atoms with Gasteiger partial charge in [0, 0.05) is 17.0 Å². The maximum atomic E-state index is 12.4. The lowest BCUT2D eigenvalue weighted by Crippen LogP contribution is -2.46. The van der Waals surface area contributed by atoms with Crippen molar-refractivity contribution in [3.8, 4) is 10.6 Å². The van der Waals surface area contributed by atoms with E-state index in [2.05, 4.69) is 36.8 Å². The van der Waals surface area contributed by atoms with Crippen LogP contribution in [0.5, 0.6) is 0 Å². The van der Waals surface area contributed by atoms with Crippen LogP contribution in [0.25, 0.3) is 10.6 Å². The lowest BCUT2D eigenvalue weighted by Gasteiger charge is -2.22. The van der Waals surface area contributed by atoms with Crippen molar-refractivity contribution in [3.63, 3.8) is 0 Å². The molecule has 1 heterocycles. The topological polar surface area (TPSA) is 84.0 Å². The second-order valence-corrected chi connectivity index (χ2v) is 7.37. The van der Waals surface area contributed by atoms with Gasteiger partial charge in [0.2, 0.25) is 16.9 Å². The first-order chi connectivity index (χ1) is 11.4. The summed E-state index contributed by atoms with van der Waals surface area (Å²) in [5, 5.41) is 14.7. The van der Waals surface area contributed by atoms with Gasteiger partial charge in [-0.25, -0.2) is 0 Å². The molecule has 24 heavy (non-hydrogen) atoms. The van der Waals surface area contributed by atoms with Crippen molar-refractivity contribution in [2.45, 2.75) is 33.2 Å². The molecule has 2 atom stereocenters. The highest BCUT2D eigenvalue weighted by molar-refractivity contribution is 9.10. The molecule has 6 nitrogen and oxygen atoms in total. The van der Waals surface area contributed by atoms with Crippen molar-refractivity contribution < 1.29 is 9.59 Å². The minimum Gasteiger partial charge on any atom is -0.344 e. The van der Waals surface area contributed by atoms with Gasteiger partial charge < -0.3 is 5.32 Å². The molecule has 0 radical (unpaired) electrons. The van der Waals surface area contributed by atoms with Crippen LogP contribution in [-0.2, 0) is 9.59 Å². The van der Waals surface area contributed by atoms with Crippen molar-refractivity contribution in [1.29, 1.82) is 0 Å². The third-order valence-corrected chi connectivity index (χ3v) is 5.02. The molecule has 2 unspecified atom stereocenters. The molecule has 2 rings (SSSR count). The Morgan fingerprint density at radius 1 is 1.25 bits per heavy atom. The second-order valence-electron chi connectivity index (χ2n) is 5.47. The number of hydrogen-bond donors (Lipinski definition) is 2. The molecule has 0 fully saturated rings. The Balaban J connectivity index is 2.11. The van der Waals surface area contributed by atoms with Gasteiger partial charge in [-0.15, -0.1) is 10.2 Å². The highest BCUT2D eigenvalue weighted by Crippen LogP contribution is 2.27. The van der Waals surface area contributed by atoms with E-state index in [-0.39, 0.29) is 17.7 Å². The molecule has 0 saturated carbocycles. The first-order valence-corrected chi connectivity index (χ1v) is 9.19. The van der Waals surface area contributed by atoms with Crippen LogP contribution in [0.3, 0.4) is 0 Å². The number of nitrogens with one attached hydrogen (secondary N) is 2. The Morgan fingerprint density at radius 2 is 1.92 bits per heavy atom. The Kier molecular flexibility index (Phi) is 6.44. The first kappa shape index (κ1) is 18.5. The van der Waals surface area contributed by atoms with Crippen molar-refractivity contribution in [2.24, 2.45) is 5.92 Å². The summed E-state index contributed by atoms with van der Waals surface area (Å²) in [7, 11) is 0. The Hall–Kier alpha value is -1.80. The van der Waals surface area contributed by atoms with E-state index in [4.69, 9.17) is 0 Å². The fourth-order valence-corrected chi connectivity index (χ4v) is 3.10. The van der Waals surface area contributed by atoms with Gasteiger partial charge >= 0.3 is 0 Å². The smallest absolute Gasteiger partial charge is 0.249 e. The molecule has 2 N–H and O–H groups in total. The maximum absolute atomic E-state index is 12.4. The number of aromatic nitrogens is 2. The maximum Gasteiger partial charge on any atom is 0.249 e. The predicted octanol–water partition coefficient (Wildman–Crippen LogP) is 3.46. The van der Waals surface area contributed by atoms with Crippen molar-refractivity contribution in [1.82, 2.24) is 15.5 Å². The largest absolute Gasteiger partial charge is 0.344 e. The lowest BCUT2D eigenvalue weighted by molar-refractivity contribution is -0.126. The first-order valence-electron chi connectivity index (χ1n) is 7.58. The van der Waals surface area contributed by atoms with Gasteiger partial charge in [0.1, 0.15) is 11.0 Å². The van der Waals surface area contributed by atoms with Crippen LogP contribution in [0.15, 0.2) is 28.7 Å². The quantitative estimate of drug-likeness (QED) is 0.763. The highest BCUT2D eigenvalue weighted by Gasteiger charge is 2.25. The minimum atomic E-state index is -0.590. The van der Waals surface area contributed by atoms with E-state index in [1.165, 1.54) is 18.3 Å². The number of nitrogens with zero attached hydrogens (tertiary/aromatic N) is 2. The molecule has 0 bridgehead atoms. The van der Waals surface area contributed by atoms with E-state index in [0.717, 1.165) is 21.5 Å². The van der Waals surface area contributed by atoms with Crippen LogP contribution in [0.4, 0.5) is 5.13 Å². The number of halogens is 1. The Labute approximate surface area is 153 Å². The predicted molar refractivity (Wildman–Crippen MR) is 98.7 cm³/mol. The van der Waals surface area contributed by atoms with Gasteiger partial charge in [-0.2, -0.15) is 0 Å². The number of carbonyl (C=O) groups excluding carboxylic acids is 2. The molecule has 2 amide bonds. The molecular weight excluding hydrogens is 392 g/mol. The van der Waals surface area contributed by atoms with Crippen LogP contribution in [-0.4, -0.2) is 28.1 Å². The van der Waals surface area contributed by atoms with E-state index in [1.807, 2.05) is 38.1 Å². The van der Waals surface area contributed by atoms with E-state index in [0.29, 0.717) is 5.13 Å². The molecular formula is C16H19BrN4O2S. The summed E-state index contributed by atoms with van der Waals surface area (Å²) < 4.78 is 0.982. The van der Waals surface area contributed by atoms with E-state index in [9.17, 15) is 9.59 Å². The standard InChI is InChI=1S/C16H19BrN4O2S/c1-4-9(2)13(18-10(3)22)14(23)19-16-21-20-15(24-16)11-5-7-12(17)8-6-11/h5-9,13H,4H2,1-3H3,(H,18,22)(H,19,21,23). The number of rotatable bonds is 6. The SMILES string of the molecule is CCC(C)C(NC(C)=O)C(=O)Nc1nnc(-c2ccc(Br)cc2)s1. The van der Waals surface area contributed by atoms with Crippen LogP contribution in [0.1, 0.15) is 27.2 Å². The number of benzene rings is 1. The molecule has 0 aliphatic carbocycles. The Morgan fingerprint density at radius 3 is 2.50 bits per heavy atom. The van der Waals surface area contributed by atoms with Crippen molar-refractivity contribution in [3.05, 3.63) is 28.7 Å². The zero-order chi connectivity index (χ0) is 17.7. The molecule has 1 aromatic heterocycles. The molecule has 8 heteroatoms. The van der Waals surface area contributed by atoms with Gasteiger partial charge in [0.25, 0.3) is 0 Å². The number of hydrogen-bond acceptors (Lipinski definition) is 5. The van der Waals surface area contributed by atoms with Gasteiger partial charge in [-0.05, 0) is 18.1 Å². The van der Waals surface area contributed by atoms with Gasteiger partial charge in [0.05, 0.1) is 0 Å². The third kappa shape index (κ3) is 4.85. The molecule has 0 spiro atoms. The zero-order valence-corrected chi connectivity index (χ0v) is 16.1. The lowest BCUT2D eigenvalue weighted by atomic mass is 9.98. The summed E-state index contributed by atoms with van der Waals surface area (Å²) in [6, 6.07) is 7.10. The molecule has 128 valence electrons. The van der Waals surface area contributed by atoms with Crippen LogP contribution < -0.4 is 10.6 Å². The van der Waals surface area contributed by atoms with E-state index >= 15 is 0 Å².